The Morgan fingerprint density at radius 1 is 1.19 bits per heavy atom. The maximum atomic E-state index is 12.3. The average molecular weight is 385 g/mol. The zero-order valence-electron chi connectivity index (χ0n) is 14.8. The monoisotopic (exact) mass is 384 g/mol. The van der Waals surface area contributed by atoms with Crippen molar-refractivity contribution in [1.29, 1.82) is 0 Å². The Labute approximate surface area is 161 Å². The maximum Gasteiger partial charge on any atom is 0.262 e. The van der Waals surface area contributed by atoms with Gasteiger partial charge in [0.2, 0.25) is 5.79 Å². The van der Waals surface area contributed by atoms with E-state index >= 15 is 0 Å². The van der Waals surface area contributed by atoms with E-state index in [0.717, 1.165) is 5.39 Å². The van der Waals surface area contributed by atoms with Gasteiger partial charge < -0.3 is 19.5 Å². The molecular weight excluding hydrogens is 368 g/mol. The number of hydrogen-bond donors (Lipinski definition) is 1. The van der Waals surface area contributed by atoms with Gasteiger partial charge in [-0.05, 0) is 36.4 Å². The van der Waals surface area contributed by atoms with Crippen molar-refractivity contribution in [3.05, 3.63) is 53.7 Å². The van der Waals surface area contributed by atoms with Crippen LogP contribution in [0, 0.1) is 0 Å². The predicted molar refractivity (Wildman–Crippen MR) is 103 cm³/mol. The van der Waals surface area contributed by atoms with Gasteiger partial charge in [0.1, 0.15) is 11.3 Å². The maximum absolute atomic E-state index is 12.3. The van der Waals surface area contributed by atoms with E-state index in [4.69, 9.17) is 25.8 Å². The Kier molecular flexibility index (Phi) is 4.28. The highest BCUT2D eigenvalue weighted by Crippen LogP contribution is 2.40. The van der Waals surface area contributed by atoms with Gasteiger partial charge >= 0.3 is 0 Å². The zero-order chi connectivity index (χ0) is 19.0. The number of fused-ring (bicyclic) bond motifs is 2. The van der Waals surface area contributed by atoms with Crippen LogP contribution in [0.5, 0.6) is 17.2 Å². The molecule has 0 saturated heterocycles. The molecule has 1 aromatic heterocycles. The van der Waals surface area contributed by atoms with Gasteiger partial charge in [-0.15, -0.1) is 0 Å². The van der Waals surface area contributed by atoms with E-state index in [0.29, 0.717) is 33.5 Å². The molecule has 0 aliphatic carbocycles. The molecule has 2 heterocycles. The van der Waals surface area contributed by atoms with Crippen molar-refractivity contribution in [3.8, 4) is 17.2 Å². The molecule has 1 N–H and O–H groups in total. The first-order valence-electron chi connectivity index (χ1n) is 8.39. The van der Waals surface area contributed by atoms with Gasteiger partial charge in [-0.2, -0.15) is 0 Å². The third-order valence-electron chi connectivity index (χ3n) is 3.98. The summed E-state index contributed by atoms with van der Waals surface area (Å²) >= 11 is 6.17. The summed E-state index contributed by atoms with van der Waals surface area (Å²) in [5.41, 5.74) is 1.21. The van der Waals surface area contributed by atoms with Crippen molar-refractivity contribution in [2.24, 2.45) is 0 Å². The predicted octanol–water partition coefficient (Wildman–Crippen LogP) is 4.41. The first-order chi connectivity index (χ1) is 12.9. The van der Waals surface area contributed by atoms with E-state index < -0.39 is 5.79 Å². The van der Waals surface area contributed by atoms with E-state index in [1.165, 1.54) is 0 Å². The SMILES string of the molecule is CC1(C)Oc2ccc(NC(=O)COc3ccc(Cl)c4cccnc34)cc2O1. The molecule has 138 valence electrons. The molecule has 0 radical (unpaired) electrons. The fraction of sp³-hybridized carbons (Fsp3) is 0.200. The van der Waals surface area contributed by atoms with Crippen LogP contribution in [0.15, 0.2) is 48.7 Å². The molecule has 0 bridgehead atoms. The number of hydrogen-bond acceptors (Lipinski definition) is 5. The summed E-state index contributed by atoms with van der Waals surface area (Å²) in [5.74, 6) is 0.723. The Morgan fingerprint density at radius 3 is 2.85 bits per heavy atom. The third-order valence-corrected chi connectivity index (χ3v) is 4.31. The molecular formula is C20H17ClN2O4. The van der Waals surface area contributed by atoms with E-state index in [1.54, 1.807) is 42.6 Å². The summed E-state index contributed by atoms with van der Waals surface area (Å²) in [4.78, 5) is 16.5. The number of nitrogens with one attached hydrogen (secondary N) is 1. The minimum atomic E-state index is -0.712. The van der Waals surface area contributed by atoms with Gasteiger partial charge in [0.15, 0.2) is 18.1 Å². The number of anilines is 1. The number of ether oxygens (including phenoxy) is 3. The fourth-order valence-corrected chi connectivity index (χ4v) is 3.08. The van der Waals surface area contributed by atoms with Crippen LogP contribution in [0.2, 0.25) is 5.02 Å². The lowest BCUT2D eigenvalue weighted by molar-refractivity contribution is -0.118. The van der Waals surface area contributed by atoms with Crippen molar-refractivity contribution >= 4 is 34.1 Å². The van der Waals surface area contributed by atoms with Gasteiger partial charge in [-0.25, -0.2) is 0 Å². The lowest BCUT2D eigenvalue weighted by Gasteiger charge is -2.16. The number of aromatic nitrogens is 1. The number of carbonyl (C=O) groups is 1. The zero-order valence-corrected chi connectivity index (χ0v) is 15.5. The molecule has 1 amide bonds. The Balaban J connectivity index is 1.44. The second-order valence-electron chi connectivity index (χ2n) is 6.55. The molecule has 2 aromatic carbocycles. The molecule has 0 fully saturated rings. The second kappa shape index (κ2) is 6.63. The smallest absolute Gasteiger partial charge is 0.262 e. The summed E-state index contributed by atoms with van der Waals surface area (Å²) < 4.78 is 17.0. The van der Waals surface area contributed by atoms with Crippen LogP contribution in [0.25, 0.3) is 10.9 Å². The normalized spacial score (nSPS) is 14.2. The summed E-state index contributed by atoms with van der Waals surface area (Å²) in [7, 11) is 0. The summed E-state index contributed by atoms with van der Waals surface area (Å²) in [6.45, 7) is 3.49. The molecule has 6 nitrogen and oxygen atoms in total. The molecule has 4 rings (SSSR count). The Morgan fingerprint density at radius 2 is 2.00 bits per heavy atom. The largest absolute Gasteiger partial charge is 0.481 e. The van der Waals surface area contributed by atoms with Gasteiger partial charge in [0, 0.05) is 37.2 Å². The van der Waals surface area contributed by atoms with Crippen LogP contribution in [-0.2, 0) is 4.79 Å². The second-order valence-corrected chi connectivity index (χ2v) is 6.95. The molecule has 27 heavy (non-hydrogen) atoms. The summed E-state index contributed by atoms with van der Waals surface area (Å²) in [6.07, 6.45) is 1.65. The third kappa shape index (κ3) is 3.61. The van der Waals surface area contributed by atoms with Crippen molar-refractivity contribution in [3.63, 3.8) is 0 Å². The summed E-state index contributed by atoms with van der Waals surface area (Å²) in [5, 5.41) is 4.14. The van der Waals surface area contributed by atoms with Crippen molar-refractivity contribution in [2.45, 2.75) is 19.6 Å². The van der Waals surface area contributed by atoms with Crippen LogP contribution >= 0.6 is 11.6 Å². The molecule has 0 saturated carbocycles. The minimum absolute atomic E-state index is 0.159. The average Bonchev–Trinajstić information content (AvgIpc) is 2.94. The lowest BCUT2D eigenvalue weighted by atomic mass is 10.2. The number of pyridine rings is 1. The van der Waals surface area contributed by atoms with Crippen molar-refractivity contribution in [2.75, 3.05) is 11.9 Å². The molecule has 0 atom stereocenters. The number of nitrogens with zero attached hydrogens (tertiary/aromatic N) is 1. The highest BCUT2D eigenvalue weighted by Gasteiger charge is 2.31. The summed E-state index contributed by atoms with van der Waals surface area (Å²) in [6, 6.07) is 12.3. The number of benzene rings is 2. The van der Waals surface area contributed by atoms with Crippen LogP contribution in [-0.4, -0.2) is 23.3 Å². The van der Waals surface area contributed by atoms with Gasteiger partial charge in [-0.3, -0.25) is 9.78 Å². The molecule has 1 aliphatic heterocycles. The van der Waals surface area contributed by atoms with E-state index in [2.05, 4.69) is 10.3 Å². The number of carbonyl (C=O) groups excluding carboxylic acids is 1. The highest BCUT2D eigenvalue weighted by atomic mass is 35.5. The molecule has 1 aliphatic rings. The lowest BCUT2D eigenvalue weighted by Crippen LogP contribution is -2.29. The standard InChI is InChI=1S/C20H17ClN2O4/c1-20(2)26-15-7-5-12(10-17(15)27-20)23-18(24)11-25-16-8-6-14(21)13-4-3-9-22-19(13)16/h3-10H,11H2,1-2H3,(H,23,24). The first-order valence-corrected chi connectivity index (χ1v) is 8.77. The van der Waals surface area contributed by atoms with Gasteiger partial charge in [-0.1, -0.05) is 11.6 Å². The first kappa shape index (κ1) is 17.4. The van der Waals surface area contributed by atoms with Crippen LogP contribution in [0.4, 0.5) is 5.69 Å². The van der Waals surface area contributed by atoms with E-state index in [-0.39, 0.29) is 12.5 Å². The van der Waals surface area contributed by atoms with Gasteiger partial charge in [0.25, 0.3) is 5.91 Å². The Bertz CT molecular complexity index is 1040. The molecule has 3 aromatic rings. The quantitative estimate of drug-likeness (QED) is 0.721. The van der Waals surface area contributed by atoms with Crippen molar-refractivity contribution < 1.29 is 19.0 Å². The topological polar surface area (TPSA) is 69.7 Å². The minimum Gasteiger partial charge on any atom is -0.481 e. The van der Waals surface area contributed by atoms with Crippen LogP contribution < -0.4 is 19.5 Å². The molecule has 0 unspecified atom stereocenters. The fourth-order valence-electron chi connectivity index (χ4n) is 2.87. The van der Waals surface area contributed by atoms with E-state index in [9.17, 15) is 4.79 Å². The molecule has 0 spiro atoms. The molecule has 7 heteroatoms. The van der Waals surface area contributed by atoms with Gasteiger partial charge in [0.05, 0.1) is 5.02 Å². The van der Waals surface area contributed by atoms with Crippen LogP contribution in [0.1, 0.15) is 13.8 Å². The van der Waals surface area contributed by atoms with Crippen molar-refractivity contribution in [1.82, 2.24) is 4.98 Å². The highest BCUT2D eigenvalue weighted by molar-refractivity contribution is 6.35. The number of rotatable bonds is 4. The number of halogens is 1. The van der Waals surface area contributed by atoms with Crippen LogP contribution in [0.3, 0.4) is 0 Å². The Hall–Kier alpha value is -2.99. The van der Waals surface area contributed by atoms with E-state index in [1.807, 2.05) is 19.9 Å². The number of amides is 1.